The van der Waals surface area contributed by atoms with Crippen molar-refractivity contribution in [2.75, 3.05) is 20.1 Å². The lowest BCUT2D eigenvalue weighted by Crippen LogP contribution is -2.31. The van der Waals surface area contributed by atoms with Crippen molar-refractivity contribution in [1.82, 2.24) is 29.6 Å². The molecule has 0 amide bonds. The standard InChI is InChI=1S/C25H26N6OS/c1-30-7-4-22(5-8-30)33-25-11-17(3-6-26-25)24(32)12-21-10-18-9-19(13-28-23(18)15-27-21)20-14-29-31(2)16-20/h3,6,9-11,13-16,22H,4-5,7-8,12H2,1-2H3. The molecule has 0 aliphatic carbocycles. The zero-order valence-corrected chi connectivity index (χ0v) is 19.6. The highest BCUT2D eigenvalue weighted by Crippen LogP contribution is 2.29. The number of rotatable bonds is 6. The van der Waals surface area contributed by atoms with Crippen LogP contribution in [0.2, 0.25) is 0 Å². The molecule has 1 aliphatic heterocycles. The molecular formula is C25H26N6OS. The molecule has 0 atom stereocenters. The maximum atomic E-state index is 13.0. The fourth-order valence-corrected chi connectivity index (χ4v) is 5.19. The number of Topliss-reactive ketones (excluding diaryl/α,β-unsaturated/α-hetero) is 1. The largest absolute Gasteiger partial charge is 0.306 e. The Kier molecular flexibility index (Phi) is 6.20. The summed E-state index contributed by atoms with van der Waals surface area (Å²) in [6.07, 6.45) is 11.6. The fourth-order valence-electron chi connectivity index (χ4n) is 4.09. The molecule has 1 aliphatic rings. The van der Waals surface area contributed by atoms with Crippen molar-refractivity contribution in [3.63, 3.8) is 0 Å². The van der Waals surface area contributed by atoms with E-state index in [0.717, 1.165) is 58.7 Å². The molecule has 5 rings (SSSR count). The van der Waals surface area contributed by atoms with Crippen LogP contribution < -0.4 is 0 Å². The normalized spacial score (nSPS) is 15.2. The molecule has 0 bridgehead atoms. The lowest BCUT2D eigenvalue weighted by molar-refractivity contribution is 0.0991. The molecule has 4 aromatic heterocycles. The molecule has 33 heavy (non-hydrogen) atoms. The minimum Gasteiger partial charge on any atom is -0.306 e. The summed E-state index contributed by atoms with van der Waals surface area (Å²) in [7, 11) is 4.05. The Bertz CT molecular complexity index is 1300. The van der Waals surface area contributed by atoms with E-state index in [0.29, 0.717) is 10.8 Å². The summed E-state index contributed by atoms with van der Waals surface area (Å²) < 4.78 is 1.77. The van der Waals surface area contributed by atoms with E-state index < -0.39 is 0 Å². The number of carbonyl (C=O) groups is 1. The highest BCUT2D eigenvalue weighted by atomic mass is 32.2. The average molecular weight is 459 g/mol. The van der Waals surface area contributed by atoms with Crippen molar-refractivity contribution in [1.29, 1.82) is 0 Å². The average Bonchev–Trinajstić information content (AvgIpc) is 3.26. The van der Waals surface area contributed by atoms with Crippen LogP contribution in [-0.4, -0.2) is 60.8 Å². The van der Waals surface area contributed by atoms with Crippen LogP contribution in [0.15, 0.2) is 60.3 Å². The minimum absolute atomic E-state index is 0.0471. The summed E-state index contributed by atoms with van der Waals surface area (Å²) in [6.45, 7) is 2.22. The van der Waals surface area contributed by atoms with Gasteiger partial charge in [0.2, 0.25) is 0 Å². The van der Waals surface area contributed by atoms with Gasteiger partial charge in [-0.3, -0.25) is 19.4 Å². The van der Waals surface area contributed by atoms with E-state index in [4.69, 9.17) is 0 Å². The SMILES string of the molecule is CN1CCC(Sc2cc(C(=O)Cc3cc4cc(-c5cnn(C)c5)cnc4cn3)ccn2)CC1. The number of hydrogen-bond acceptors (Lipinski definition) is 7. The number of carbonyl (C=O) groups excluding carboxylic acids is 1. The van der Waals surface area contributed by atoms with Crippen LogP contribution >= 0.6 is 11.8 Å². The molecule has 0 radical (unpaired) electrons. The first-order valence-electron chi connectivity index (χ1n) is 11.1. The van der Waals surface area contributed by atoms with Gasteiger partial charge in [0, 0.05) is 58.7 Å². The second-order valence-corrected chi connectivity index (χ2v) is 9.92. The Hall–Kier alpha value is -3.10. The molecule has 1 saturated heterocycles. The fraction of sp³-hybridized carbons (Fsp3) is 0.320. The molecule has 0 spiro atoms. The number of nitrogens with zero attached hydrogens (tertiary/aromatic N) is 6. The number of hydrogen-bond donors (Lipinski definition) is 0. The van der Waals surface area contributed by atoms with Crippen molar-refractivity contribution < 1.29 is 4.79 Å². The third-order valence-corrected chi connectivity index (χ3v) is 7.28. The Morgan fingerprint density at radius 1 is 1.03 bits per heavy atom. The predicted molar refractivity (Wildman–Crippen MR) is 130 cm³/mol. The van der Waals surface area contributed by atoms with Crippen LogP contribution in [0.5, 0.6) is 0 Å². The highest BCUT2D eigenvalue weighted by molar-refractivity contribution is 7.99. The number of ketones is 1. The first-order valence-corrected chi connectivity index (χ1v) is 12.0. The van der Waals surface area contributed by atoms with E-state index in [1.807, 2.05) is 37.8 Å². The van der Waals surface area contributed by atoms with Gasteiger partial charge >= 0.3 is 0 Å². The maximum absolute atomic E-state index is 13.0. The molecule has 0 N–H and O–H groups in total. The zero-order valence-electron chi connectivity index (χ0n) is 18.8. The van der Waals surface area contributed by atoms with Gasteiger partial charge < -0.3 is 4.90 Å². The molecular weight excluding hydrogens is 432 g/mol. The molecule has 8 heteroatoms. The van der Waals surface area contributed by atoms with Gasteiger partial charge in [-0.25, -0.2) is 4.98 Å². The van der Waals surface area contributed by atoms with Crippen molar-refractivity contribution >= 4 is 28.4 Å². The van der Waals surface area contributed by atoms with Gasteiger partial charge in [0.25, 0.3) is 0 Å². The first-order chi connectivity index (χ1) is 16.0. The Balaban J connectivity index is 1.31. The van der Waals surface area contributed by atoms with Crippen molar-refractivity contribution in [3.8, 4) is 11.1 Å². The molecule has 4 aromatic rings. The predicted octanol–water partition coefficient (Wildman–Crippen LogP) is 4.04. The number of piperidine rings is 1. The molecule has 0 aromatic carbocycles. The Labute approximate surface area is 197 Å². The summed E-state index contributed by atoms with van der Waals surface area (Å²) in [5, 5.41) is 6.68. The molecule has 7 nitrogen and oxygen atoms in total. The van der Waals surface area contributed by atoms with Crippen molar-refractivity contribution in [2.45, 2.75) is 29.5 Å². The van der Waals surface area contributed by atoms with E-state index >= 15 is 0 Å². The van der Waals surface area contributed by atoms with Gasteiger partial charge in [-0.1, -0.05) is 0 Å². The molecule has 168 valence electrons. The van der Waals surface area contributed by atoms with Crippen LogP contribution in [0.4, 0.5) is 0 Å². The van der Waals surface area contributed by atoms with Crippen LogP contribution in [0.25, 0.3) is 22.0 Å². The summed E-state index contributed by atoms with van der Waals surface area (Å²) in [6, 6.07) is 7.74. The summed E-state index contributed by atoms with van der Waals surface area (Å²) in [4.78, 5) is 28.9. The van der Waals surface area contributed by atoms with Gasteiger partial charge in [0.15, 0.2) is 5.78 Å². The number of thioether (sulfide) groups is 1. The van der Waals surface area contributed by atoms with Gasteiger partial charge in [-0.05, 0) is 57.2 Å². The van der Waals surface area contributed by atoms with Gasteiger partial charge in [0.1, 0.15) is 0 Å². The van der Waals surface area contributed by atoms with E-state index in [9.17, 15) is 4.79 Å². The smallest absolute Gasteiger partial charge is 0.168 e. The maximum Gasteiger partial charge on any atom is 0.168 e. The minimum atomic E-state index is 0.0471. The quantitative estimate of drug-likeness (QED) is 0.404. The number of fused-ring (bicyclic) bond motifs is 1. The van der Waals surface area contributed by atoms with E-state index in [2.05, 4.69) is 38.1 Å². The summed E-state index contributed by atoms with van der Waals surface area (Å²) in [5.41, 5.74) is 4.22. The number of aryl methyl sites for hydroxylation is 1. The number of likely N-dealkylation sites (tertiary alicyclic amines) is 1. The molecule has 0 saturated carbocycles. The number of aromatic nitrogens is 5. The van der Waals surface area contributed by atoms with Crippen LogP contribution in [-0.2, 0) is 13.5 Å². The van der Waals surface area contributed by atoms with Crippen molar-refractivity contribution in [2.24, 2.45) is 7.05 Å². The molecule has 5 heterocycles. The monoisotopic (exact) mass is 458 g/mol. The van der Waals surface area contributed by atoms with Crippen LogP contribution in [0.1, 0.15) is 28.9 Å². The number of pyridine rings is 3. The van der Waals surface area contributed by atoms with Gasteiger partial charge in [-0.2, -0.15) is 5.10 Å². The van der Waals surface area contributed by atoms with E-state index in [-0.39, 0.29) is 12.2 Å². The zero-order chi connectivity index (χ0) is 22.8. The third kappa shape index (κ3) is 5.12. The second-order valence-electron chi connectivity index (χ2n) is 8.60. The topological polar surface area (TPSA) is 76.8 Å². The summed E-state index contributed by atoms with van der Waals surface area (Å²) in [5.74, 6) is 0.0471. The Morgan fingerprint density at radius 3 is 2.67 bits per heavy atom. The van der Waals surface area contributed by atoms with Gasteiger partial charge in [-0.15, -0.1) is 11.8 Å². The lowest BCUT2D eigenvalue weighted by atomic mass is 10.1. The lowest BCUT2D eigenvalue weighted by Gasteiger charge is -2.28. The van der Waals surface area contributed by atoms with E-state index in [1.54, 1.807) is 34.9 Å². The third-order valence-electron chi connectivity index (χ3n) is 6.01. The van der Waals surface area contributed by atoms with Crippen molar-refractivity contribution in [3.05, 3.63) is 66.5 Å². The van der Waals surface area contributed by atoms with Crippen LogP contribution in [0.3, 0.4) is 0 Å². The Morgan fingerprint density at radius 2 is 1.88 bits per heavy atom. The summed E-state index contributed by atoms with van der Waals surface area (Å²) >= 11 is 1.79. The van der Waals surface area contributed by atoms with Crippen LogP contribution in [0, 0.1) is 0 Å². The molecule has 0 unspecified atom stereocenters. The molecule has 1 fully saturated rings. The second kappa shape index (κ2) is 9.41. The van der Waals surface area contributed by atoms with Gasteiger partial charge in [0.05, 0.1) is 29.4 Å². The van der Waals surface area contributed by atoms with E-state index in [1.165, 1.54) is 0 Å². The highest BCUT2D eigenvalue weighted by Gasteiger charge is 2.19. The first kappa shape index (κ1) is 21.7.